The van der Waals surface area contributed by atoms with Gasteiger partial charge in [-0.1, -0.05) is 6.07 Å². The summed E-state index contributed by atoms with van der Waals surface area (Å²) in [6.45, 7) is 2.44. The monoisotopic (exact) mass is 571 g/mol. The maximum absolute atomic E-state index is 13.6. The van der Waals surface area contributed by atoms with Crippen LogP contribution >= 0.6 is 24.0 Å². The van der Waals surface area contributed by atoms with Crippen molar-refractivity contribution in [2.45, 2.75) is 31.7 Å². The van der Waals surface area contributed by atoms with Gasteiger partial charge in [0.15, 0.2) is 17.5 Å². The van der Waals surface area contributed by atoms with Crippen molar-refractivity contribution in [2.75, 3.05) is 27.3 Å². The van der Waals surface area contributed by atoms with Crippen LogP contribution in [-0.2, 0) is 19.2 Å². The molecule has 1 atom stereocenters. The van der Waals surface area contributed by atoms with Crippen molar-refractivity contribution in [3.05, 3.63) is 42.0 Å². The van der Waals surface area contributed by atoms with Crippen LogP contribution in [-0.4, -0.2) is 54.1 Å². The molecule has 8 nitrogen and oxygen atoms in total. The molecule has 0 spiro atoms. The second-order valence-corrected chi connectivity index (χ2v) is 6.78. The van der Waals surface area contributed by atoms with Gasteiger partial charge in [0, 0.05) is 39.0 Å². The highest BCUT2D eigenvalue weighted by Crippen LogP contribution is 2.40. The van der Waals surface area contributed by atoms with Crippen molar-refractivity contribution in [3.63, 3.8) is 0 Å². The first-order chi connectivity index (χ1) is 14.7. The van der Waals surface area contributed by atoms with E-state index in [1.807, 2.05) is 13.0 Å². The topological polar surface area (TPSA) is 92.9 Å². The molecular weight excluding hydrogens is 542 g/mol. The van der Waals surface area contributed by atoms with E-state index in [9.17, 15) is 18.3 Å². The summed E-state index contributed by atoms with van der Waals surface area (Å²) in [5.74, 6) is 0.996. The largest absolute Gasteiger partial charge is 0.493 e. The number of halogens is 4. The van der Waals surface area contributed by atoms with Gasteiger partial charge in [-0.2, -0.15) is 13.2 Å². The molecule has 0 fully saturated rings. The van der Waals surface area contributed by atoms with Gasteiger partial charge in [0.25, 0.3) is 0 Å². The molecule has 180 valence electrons. The lowest BCUT2D eigenvalue weighted by Gasteiger charge is -2.30. The molecule has 0 amide bonds. The summed E-state index contributed by atoms with van der Waals surface area (Å²) in [6, 6.07) is 5.34. The number of hydrogen-bond acceptors (Lipinski definition) is 5. The molecule has 0 saturated heterocycles. The number of ether oxygens (including phenoxy) is 2. The van der Waals surface area contributed by atoms with Gasteiger partial charge in [-0.3, -0.25) is 0 Å². The smallest absolute Gasteiger partial charge is 0.424 e. The zero-order chi connectivity index (χ0) is 23.1. The Labute approximate surface area is 202 Å². The SMILES string of the molecule is CCNC(=NCc1ccc(OC)c(OC)c1)NCCC(O)(c1nccn1C)C(F)(F)F.I. The van der Waals surface area contributed by atoms with E-state index in [0.29, 0.717) is 24.0 Å². The van der Waals surface area contributed by atoms with Crippen LogP contribution in [0.15, 0.2) is 35.6 Å². The standard InChI is InChI=1S/C20H28F3N5O3.HI/c1-5-24-18(27-13-14-6-7-15(30-3)16(12-14)31-4)26-9-8-19(29,20(21,22)23)17-25-10-11-28(17)2;/h6-7,10-12,29H,5,8-9,13H2,1-4H3,(H2,24,26,27);1H. The third-order valence-electron chi connectivity index (χ3n) is 4.65. The molecule has 12 heteroatoms. The van der Waals surface area contributed by atoms with Crippen LogP contribution in [0.2, 0.25) is 0 Å². The number of aromatic nitrogens is 2. The van der Waals surface area contributed by atoms with Crippen molar-refractivity contribution in [2.24, 2.45) is 12.0 Å². The highest BCUT2D eigenvalue weighted by atomic mass is 127. The molecule has 0 aliphatic heterocycles. The lowest BCUT2D eigenvalue weighted by molar-refractivity contribution is -0.272. The van der Waals surface area contributed by atoms with E-state index in [1.165, 1.54) is 33.7 Å². The number of alkyl halides is 3. The number of aliphatic hydroxyl groups is 1. The van der Waals surface area contributed by atoms with E-state index in [1.54, 1.807) is 12.1 Å². The Bertz CT molecular complexity index is 892. The van der Waals surface area contributed by atoms with E-state index >= 15 is 0 Å². The van der Waals surface area contributed by atoms with Gasteiger partial charge in [0.05, 0.1) is 20.8 Å². The van der Waals surface area contributed by atoms with E-state index in [-0.39, 0.29) is 37.1 Å². The summed E-state index contributed by atoms with van der Waals surface area (Å²) < 4.78 is 52.5. The van der Waals surface area contributed by atoms with Gasteiger partial charge in [-0.15, -0.1) is 24.0 Å². The Hall–Kier alpha value is -2.22. The molecule has 1 aromatic carbocycles. The average molecular weight is 571 g/mol. The van der Waals surface area contributed by atoms with Gasteiger partial charge in [0.2, 0.25) is 5.60 Å². The Morgan fingerprint density at radius 3 is 2.41 bits per heavy atom. The van der Waals surface area contributed by atoms with E-state index in [4.69, 9.17) is 9.47 Å². The number of methoxy groups -OCH3 is 2. The second kappa shape index (κ2) is 12.1. The van der Waals surface area contributed by atoms with Crippen molar-refractivity contribution in [3.8, 4) is 11.5 Å². The Balaban J connectivity index is 0.00000512. The molecule has 0 radical (unpaired) electrons. The number of benzene rings is 1. The predicted molar refractivity (Wildman–Crippen MR) is 126 cm³/mol. The summed E-state index contributed by atoms with van der Waals surface area (Å²) in [5.41, 5.74) is -2.26. The van der Waals surface area contributed by atoms with Crippen molar-refractivity contribution >= 4 is 29.9 Å². The number of hydrogen-bond donors (Lipinski definition) is 3. The number of nitrogens with one attached hydrogen (secondary N) is 2. The van der Waals surface area contributed by atoms with Gasteiger partial charge in [-0.05, 0) is 24.6 Å². The predicted octanol–water partition coefficient (Wildman–Crippen LogP) is 2.95. The minimum absolute atomic E-state index is 0. The molecule has 0 aliphatic carbocycles. The van der Waals surface area contributed by atoms with Crippen molar-refractivity contribution in [1.29, 1.82) is 0 Å². The van der Waals surface area contributed by atoms with Gasteiger partial charge in [0.1, 0.15) is 5.82 Å². The molecule has 1 unspecified atom stereocenters. The molecule has 3 N–H and O–H groups in total. The molecule has 32 heavy (non-hydrogen) atoms. The number of rotatable bonds is 9. The van der Waals surface area contributed by atoms with E-state index < -0.39 is 24.0 Å². The van der Waals surface area contributed by atoms with Crippen molar-refractivity contribution in [1.82, 2.24) is 20.2 Å². The zero-order valence-electron chi connectivity index (χ0n) is 18.4. The third-order valence-corrected chi connectivity index (χ3v) is 4.65. The molecule has 0 saturated carbocycles. The van der Waals surface area contributed by atoms with Crippen LogP contribution in [0.25, 0.3) is 0 Å². The van der Waals surface area contributed by atoms with E-state index in [2.05, 4.69) is 20.6 Å². The lowest BCUT2D eigenvalue weighted by Crippen LogP contribution is -2.47. The first-order valence-electron chi connectivity index (χ1n) is 9.66. The fourth-order valence-electron chi connectivity index (χ4n) is 3.00. The molecular formula is C20H29F3IN5O3. The second-order valence-electron chi connectivity index (χ2n) is 6.78. The van der Waals surface area contributed by atoms with Crippen LogP contribution in [0.4, 0.5) is 13.2 Å². The summed E-state index contributed by atoms with van der Waals surface area (Å²) in [6.07, 6.45) is -2.95. The molecule has 1 heterocycles. The normalized spacial score (nSPS) is 13.7. The molecule has 2 aromatic rings. The highest BCUT2D eigenvalue weighted by Gasteiger charge is 2.57. The van der Waals surface area contributed by atoms with Crippen LogP contribution in [0.3, 0.4) is 0 Å². The molecule has 1 aromatic heterocycles. The molecule has 0 bridgehead atoms. The first-order valence-corrected chi connectivity index (χ1v) is 9.66. The Kier molecular flexibility index (Phi) is 10.5. The summed E-state index contributed by atoms with van der Waals surface area (Å²) >= 11 is 0. The van der Waals surface area contributed by atoms with Crippen LogP contribution in [0.5, 0.6) is 11.5 Å². The Morgan fingerprint density at radius 2 is 1.88 bits per heavy atom. The number of imidazole rings is 1. The van der Waals surface area contributed by atoms with Gasteiger partial charge in [-0.25, -0.2) is 9.98 Å². The van der Waals surface area contributed by atoms with Crippen LogP contribution < -0.4 is 20.1 Å². The van der Waals surface area contributed by atoms with E-state index in [0.717, 1.165) is 10.1 Å². The number of guanidine groups is 1. The maximum Gasteiger partial charge on any atom is 0.424 e. The summed E-state index contributed by atoms with van der Waals surface area (Å²) in [4.78, 5) is 8.08. The number of nitrogens with zero attached hydrogens (tertiary/aromatic N) is 3. The summed E-state index contributed by atoms with van der Waals surface area (Å²) in [5, 5.41) is 16.2. The van der Waals surface area contributed by atoms with Crippen LogP contribution in [0, 0.1) is 0 Å². The number of aryl methyl sites for hydroxylation is 1. The summed E-state index contributed by atoms with van der Waals surface area (Å²) in [7, 11) is 4.47. The molecule has 0 aliphatic rings. The van der Waals surface area contributed by atoms with Crippen molar-refractivity contribution < 1.29 is 27.8 Å². The zero-order valence-corrected chi connectivity index (χ0v) is 20.7. The lowest BCUT2D eigenvalue weighted by atomic mass is 9.97. The average Bonchev–Trinajstić information content (AvgIpc) is 3.17. The number of aliphatic imine (C=N–C) groups is 1. The third kappa shape index (κ3) is 6.64. The van der Waals surface area contributed by atoms with Gasteiger partial charge < -0.3 is 29.8 Å². The quantitative estimate of drug-likeness (QED) is 0.244. The Morgan fingerprint density at radius 1 is 1.19 bits per heavy atom. The highest BCUT2D eigenvalue weighted by molar-refractivity contribution is 14.0. The fraction of sp³-hybridized carbons (Fsp3) is 0.500. The minimum atomic E-state index is -4.89. The first kappa shape index (κ1) is 27.8. The van der Waals surface area contributed by atoms with Crippen LogP contribution in [0.1, 0.15) is 24.7 Å². The fourth-order valence-corrected chi connectivity index (χ4v) is 3.00. The molecule has 2 rings (SSSR count). The minimum Gasteiger partial charge on any atom is -0.493 e. The van der Waals surface area contributed by atoms with Gasteiger partial charge >= 0.3 is 6.18 Å². The maximum atomic E-state index is 13.6.